The summed E-state index contributed by atoms with van der Waals surface area (Å²) in [6, 6.07) is 6.49. The van der Waals surface area contributed by atoms with E-state index >= 15 is 0 Å². The van der Waals surface area contributed by atoms with Crippen molar-refractivity contribution in [2.24, 2.45) is 4.99 Å². The zero-order chi connectivity index (χ0) is 16.9. The lowest BCUT2D eigenvalue weighted by molar-refractivity contribution is 0.663. The molecule has 0 saturated carbocycles. The molecule has 1 aliphatic rings. The van der Waals surface area contributed by atoms with E-state index in [9.17, 15) is 0 Å². The highest BCUT2D eigenvalue weighted by Crippen LogP contribution is 2.14. The van der Waals surface area contributed by atoms with Gasteiger partial charge in [0.25, 0.3) is 0 Å². The van der Waals surface area contributed by atoms with Crippen LogP contribution < -0.4 is 10.6 Å². The number of hydrogen-bond donors (Lipinski definition) is 2. The van der Waals surface area contributed by atoms with Gasteiger partial charge in [0.05, 0.1) is 13.1 Å². The molecule has 6 heteroatoms. The van der Waals surface area contributed by atoms with Crippen molar-refractivity contribution in [1.29, 1.82) is 0 Å². The summed E-state index contributed by atoms with van der Waals surface area (Å²) in [5.41, 5.74) is 3.82. The van der Waals surface area contributed by atoms with Crippen LogP contribution in [0.2, 0.25) is 0 Å². The first-order valence-electron chi connectivity index (χ1n) is 8.66. The van der Waals surface area contributed by atoms with Crippen molar-refractivity contribution in [2.45, 2.75) is 53.2 Å². The Labute approximate surface area is 143 Å². The minimum atomic E-state index is 0.645. The molecule has 24 heavy (non-hydrogen) atoms. The van der Waals surface area contributed by atoms with Crippen molar-refractivity contribution < 1.29 is 0 Å². The van der Waals surface area contributed by atoms with Gasteiger partial charge in [0, 0.05) is 19.5 Å². The molecule has 1 aromatic heterocycles. The van der Waals surface area contributed by atoms with Crippen LogP contribution in [0.15, 0.2) is 23.2 Å². The van der Waals surface area contributed by atoms with Gasteiger partial charge in [0.2, 0.25) is 0 Å². The summed E-state index contributed by atoms with van der Waals surface area (Å²) in [5, 5.41) is 15.2. The molecular weight excluding hydrogens is 300 g/mol. The summed E-state index contributed by atoms with van der Waals surface area (Å²) >= 11 is 0. The van der Waals surface area contributed by atoms with E-state index < -0.39 is 0 Å². The zero-order valence-electron chi connectivity index (χ0n) is 14.8. The number of benzene rings is 1. The van der Waals surface area contributed by atoms with E-state index in [4.69, 9.17) is 4.99 Å². The van der Waals surface area contributed by atoms with E-state index in [1.807, 2.05) is 0 Å². The molecule has 3 rings (SSSR count). The van der Waals surface area contributed by atoms with Crippen molar-refractivity contribution in [2.75, 3.05) is 6.54 Å². The van der Waals surface area contributed by atoms with Crippen LogP contribution in [0, 0.1) is 13.8 Å². The quantitative estimate of drug-likeness (QED) is 0.652. The van der Waals surface area contributed by atoms with Gasteiger partial charge in [0.1, 0.15) is 5.82 Å². The van der Waals surface area contributed by atoms with Gasteiger partial charge in [-0.2, -0.15) is 0 Å². The summed E-state index contributed by atoms with van der Waals surface area (Å²) < 4.78 is 2.21. The summed E-state index contributed by atoms with van der Waals surface area (Å²) in [7, 11) is 0. The van der Waals surface area contributed by atoms with E-state index in [1.54, 1.807) is 0 Å². The van der Waals surface area contributed by atoms with Gasteiger partial charge in [-0.25, -0.2) is 4.99 Å². The Kier molecular flexibility index (Phi) is 5.13. The molecule has 0 saturated heterocycles. The third-order valence-electron chi connectivity index (χ3n) is 4.35. The number of nitrogens with zero attached hydrogens (tertiary/aromatic N) is 4. The second-order valence-corrected chi connectivity index (χ2v) is 6.27. The monoisotopic (exact) mass is 326 g/mol. The van der Waals surface area contributed by atoms with Crippen molar-refractivity contribution >= 4 is 5.96 Å². The Bertz CT molecular complexity index is 731. The maximum Gasteiger partial charge on any atom is 0.191 e. The molecule has 2 heterocycles. The molecule has 2 aromatic rings. The van der Waals surface area contributed by atoms with Crippen LogP contribution in [0.3, 0.4) is 0 Å². The first-order chi connectivity index (χ1) is 11.7. The molecule has 1 aliphatic heterocycles. The Morgan fingerprint density at radius 1 is 1.25 bits per heavy atom. The van der Waals surface area contributed by atoms with Gasteiger partial charge >= 0.3 is 0 Å². The number of aryl methyl sites for hydroxylation is 3. The van der Waals surface area contributed by atoms with Crippen molar-refractivity contribution in [3.05, 3.63) is 46.5 Å². The van der Waals surface area contributed by atoms with Crippen LogP contribution in [0.5, 0.6) is 0 Å². The molecule has 0 spiro atoms. The van der Waals surface area contributed by atoms with Crippen LogP contribution in [0.1, 0.15) is 41.7 Å². The van der Waals surface area contributed by atoms with Crippen LogP contribution in [-0.2, 0) is 26.1 Å². The van der Waals surface area contributed by atoms with E-state index in [-0.39, 0.29) is 0 Å². The number of nitrogens with one attached hydrogen (secondary N) is 2. The Hall–Kier alpha value is -2.37. The Morgan fingerprint density at radius 2 is 2.12 bits per heavy atom. The summed E-state index contributed by atoms with van der Waals surface area (Å²) in [6.45, 7) is 9.49. The van der Waals surface area contributed by atoms with Gasteiger partial charge in [-0.05, 0) is 38.3 Å². The van der Waals surface area contributed by atoms with E-state index in [0.717, 1.165) is 37.1 Å². The predicted octanol–water partition coefficient (Wildman–Crippen LogP) is 2.10. The molecule has 0 fully saturated rings. The second kappa shape index (κ2) is 7.47. The van der Waals surface area contributed by atoms with Crippen LogP contribution >= 0.6 is 0 Å². The largest absolute Gasteiger partial charge is 0.357 e. The fraction of sp³-hybridized carbons (Fsp3) is 0.500. The molecule has 0 bridgehead atoms. The number of rotatable bonds is 5. The smallest absolute Gasteiger partial charge is 0.191 e. The number of guanidine groups is 1. The molecule has 6 nitrogen and oxygen atoms in total. The fourth-order valence-electron chi connectivity index (χ4n) is 3.03. The number of aromatic nitrogens is 3. The van der Waals surface area contributed by atoms with Crippen molar-refractivity contribution in [1.82, 2.24) is 25.4 Å². The first kappa shape index (κ1) is 16.5. The Morgan fingerprint density at radius 3 is 2.92 bits per heavy atom. The lowest BCUT2D eigenvalue weighted by atomic mass is 10.1. The van der Waals surface area contributed by atoms with Crippen LogP contribution in [0.25, 0.3) is 0 Å². The highest BCUT2D eigenvalue weighted by Gasteiger charge is 2.17. The molecule has 2 N–H and O–H groups in total. The molecule has 0 amide bonds. The number of hydrogen-bond acceptors (Lipinski definition) is 3. The number of aliphatic imine (C=N–C) groups is 1. The third-order valence-corrected chi connectivity index (χ3v) is 4.35. The number of fused-ring (bicyclic) bond motifs is 1. The maximum absolute atomic E-state index is 4.70. The molecule has 1 aromatic carbocycles. The molecular formula is C18H26N6. The van der Waals surface area contributed by atoms with Crippen LogP contribution in [-0.4, -0.2) is 27.3 Å². The lowest BCUT2D eigenvalue weighted by Crippen LogP contribution is -2.37. The van der Waals surface area contributed by atoms with E-state index in [2.05, 4.69) is 64.4 Å². The average molecular weight is 326 g/mol. The SMILES string of the molecule is CCNC(=NCc1ccc(C)cc1C)NCc1nnc2n1CCC2. The molecule has 0 atom stereocenters. The van der Waals surface area contributed by atoms with Gasteiger partial charge < -0.3 is 15.2 Å². The average Bonchev–Trinajstić information content (AvgIpc) is 3.15. The standard InChI is InChI=1S/C18H26N6/c1-4-19-18(20-11-15-8-7-13(2)10-14(15)3)21-12-17-23-22-16-6-5-9-24(16)17/h7-8,10H,4-6,9,11-12H2,1-3H3,(H2,19,20,21). The summed E-state index contributed by atoms with van der Waals surface area (Å²) in [5.74, 6) is 2.90. The second-order valence-electron chi connectivity index (χ2n) is 6.27. The van der Waals surface area contributed by atoms with Crippen molar-refractivity contribution in [3.8, 4) is 0 Å². The topological polar surface area (TPSA) is 67.1 Å². The maximum atomic E-state index is 4.70. The minimum Gasteiger partial charge on any atom is -0.357 e. The van der Waals surface area contributed by atoms with Gasteiger partial charge in [-0.1, -0.05) is 23.8 Å². The summed E-state index contributed by atoms with van der Waals surface area (Å²) in [4.78, 5) is 4.70. The minimum absolute atomic E-state index is 0.645. The first-order valence-corrected chi connectivity index (χ1v) is 8.66. The molecule has 128 valence electrons. The van der Waals surface area contributed by atoms with Gasteiger partial charge in [0.15, 0.2) is 11.8 Å². The highest BCUT2D eigenvalue weighted by atomic mass is 15.3. The predicted molar refractivity (Wildman–Crippen MR) is 95.9 cm³/mol. The van der Waals surface area contributed by atoms with Gasteiger partial charge in [-0.3, -0.25) is 0 Å². The normalized spacial score (nSPS) is 13.9. The van der Waals surface area contributed by atoms with E-state index in [0.29, 0.717) is 13.1 Å². The third kappa shape index (κ3) is 3.75. The zero-order valence-corrected chi connectivity index (χ0v) is 14.8. The van der Waals surface area contributed by atoms with Crippen molar-refractivity contribution in [3.63, 3.8) is 0 Å². The lowest BCUT2D eigenvalue weighted by Gasteiger charge is -2.12. The van der Waals surface area contributed by atoms with Crippen LogP contribution in [0.4, 0.5) is 0 Å². The molecule has 0 radical (unpaired) electrons. The fourth-order valence-corrected chi connectivity index (χ4v) is 3.03. The molecule has 0 aliphatic carbocycles. The van der Waals surface area contributed by atoms with Gasteiger partial charge in [-0.15, -0.1) is 10.2 Å². The van der Waals surface area contributed by atoms with E-state index in [1.165, 1.54) is 23.1 Å². The molecule has 0 unspecified atom stereocenters. The highest BCUT2D eigenvalue weighted by molar-refractivity contribution is 5.79. The Balaban J connectivity index is 1.65. The summed E-state index contributed by atoms with van der Waals surface area (Å²) in [6.07, 6.45) is 2.20.